The number of benzene rings is 2. The van der Waals surface area contributed by atoms with Gasteiger partial charge in [0.2, 0.25) is 5.91 Å². The van der Waals surface area contributed by atoms with Crippen LogP contribution < -0.4 is 14.4 Å². The molecule has 2 saturated heterocycles. The molecule has 5 rings (SSSR count). The number of rotatable bonds is 5. The first-order valence-corrected chi connectivity index (χ1v) is 12.0. The van der Waals surface area contributed by atoms with Gasteiger partial charge in [-0.05, 0) is 49.6 Å². The number of methoxy groups -OCH3 is 2. The second-order valence-corrected chi connectivity index (χ2v) is 9.40. The minimum Gasteiger partial charge on any atom is -0.497 e. The summed E-state index contributed by atoms with van der Waals surface area (Å²) in [5.41, 5.74) is 2.66. The van der Waals surface area contributed by atoms with Gasteiger partial charge < -0.3 is 19.3 Å². The van der Waals surface area contributed by atoms with E-state index in [0.717, 1.165) is 23.2 Å². The van der Waals surface area contributed by atoms with E-state index in [0.29, 0.717) is 54.6 Å². The zero-order chi connectivity index (χ0) is 24.6. The van der Waals surface area contributed by atoms with Crippen molar-refractivity contribution in [2.45, 2.75) is 19.3 Å². The van der Waals surface area contributed by atoms with E-state index in [9.17, 15) is 9.59 Å². The smallest absolute Gasteiger partial charge is 0.255 e. The molecule has 1 aromatic heterocycles. The molecule has 3 heterocycles. The van der Waals surface area contributed by atoms with Crippen LogP contribution in [0.25, 0.3) is 11.1 Å². The summed E-state index contributed by atoms with van der Waals surface area (Å²) in [6.45, 7) is 1.68. The van der Waals surface area contributed by atoms with Crippen molar-refractivity contribution in [3.05, 3.63) is 59.4 Å². The van der Waals surface area contributed by atoms with Crippen molar-refractivity contribution in [2.24, 2.45) is 5.41 Å². The molecule has 182 valence electrons. The Balaban J connectivity index is 1.29. The fraction of sp³-hybridized carbons (Fsp3) is 0.346. The number of aromatic amines is 1. The molecule has 9 heteroatoms. The Kier molecular flexibility index (Phi) is 6.15. The zero-order valence-corrected chi connectivity index (χ0v) is 20.5. The van der Waals surface area contributed by atoms with Gasteiger partial charge in [-0.15, -0.1) is 0 Å². The van der Waals surface area contributed by atoms with Crippen LogP contribution in [-0.4, -0.2) is 60.8 Å². The number of anilines is 1. The first-order chi connectivity index (χ1) is 17.0. The normalized spacial score (nSPS) is 17.2. The van der Waals surface area contributed by atoms with Gasteiger partial charge in [-0.2, -0.15) is 5.10 Å². The Morgan fingerprint density at radius 3 is 2.49 bits per heavy atom. The quantitative estimate of drug-likeness (QED) is 0.567. The maximum Gasteiger partial charge on any atom is 0.255 e. The van der Waals surface area contributed by atoms with E-state index in [4.69, 9.17) is 21.1 Å². The van der Waals surface area contributed by atoms with Crippen molar-refractivity contribution in [3.63, 3.8) is 0 Å². The molecular formula is C26H27ClN4O4. The second-order valence-electron chi connectivity index (χ2n) is 9.00. The van der Waals surface area contributed by atoms with E-state index in [1.807, 2.05) is 29.3 Å². The van der Waals surface area contributed by atoms with Crippen LogP contribution >= 0.6 is 11.6 Å². The Bertz CT molecular complexity index is 1250. The maximum absolute atomic E-state index is 13.6. The number of amides is 2. The average Bonchev–Trinajstić information content (AvgIpc) is 3.53. The molecule has 2 fully saturated rings. The topological polar surface area (TPSA) is 87.8 Å². The predicted octanol–water partition coefficient (Wildman–Crippen LogP) is 4.41. The van der Waals surface area contributed by atoms with Gasteiger partial charge in [-0.3, -0.25) is 14.7 Å². The number of piperidine rings is 1. The number of carbonyl (C=O) groups is 2. The van der Waals surface area contributed by atoms with Gasteiger partial charge >= 0.3 is 0 Å². The molecule has 1 N–H and O–H groups in total. The molecule has 0 saturated carbocycles. The molecule has 2 aliphatic heterocycles. The van der Waals surface area contributed by atoms with E-state index in [-0.39, 0.29) is 11.8 Å². The maximum atomic E-state index is 13.6. The summed E-state index contributed by atoms with van der Waals surface area (Å²) in [7, 11) is 3.18. The molecule has 1 spiro atoms. The summed E-state index contributed by atoms with van der Waals surface area (Å²) in [5, 5.41) is 7.19. The van der Waals surface area contributed by atoms with Crippen LogP contribution in [0.3, 0.4) is 0 Å². The molecule has 2 amide bonds. The SMILES string of the molecule is COc1ccc(C(=O)N2CCC3(CC2)CCN(c2ccc(-c4cn[nH]c4)c(OC)c2)C3=O)c(Cl)c1. The van der Waals surface area contributed by atoms with Crippen molar-refractivity contribution < 1.29 is 19.1 Å². The van der Waals surface area contributed by atoms with Gasteiger partial charge in [0.05, 0.1) is 36.4 Å². The van der Waals surface area contributed by atoms with E-state index < -0.39 is 5.41 Å². The Morgan fingerprint density at radius 2 is 1.83 bits per heavy atom. The highest BCUT2D eigenvalue weighted by molar-refractivity contribution is 6.34. The summed E-state index contributed by atoms with van der Waals surface area (Å²) in [5.74, 6) is 1.30. The van der Waals surface area contributed by atoms with Crippen LogP contribution in [0.2, 0.25) is 5.02 Å². The minimum absolute atomic E-state index is 0.116. The third kappa shape index (κ3) is 4.12. The van der Waals surface area contributed by atoms with Crippen molar-refractivity contribution in [1.29, 1.82) is 0 Å². The van der Waals surface area contributed by atoms with Gasteiger partial charge in [0, 0.05) is 48.7 Å². The van der Waals surface area contributed by atoms with Gasteiger partial charge in [0.1, 0.15) is 11.5 Å². The van der Waals surface area contributed by atoms with E-state index >= 15 is 0 Å². The monoisotopic (exact) mass is 494 g/mol. The zero-order valence-electron chi connectivity index (χ0n) is 19.7. The number of ether oxygens (including phenoxy) is 2. The second kappa shape index (κ2) is 9.26. The predicted molar refractivity (Wildman–Crippen MR) is 133 cm³/mol. The van der Waals surface area contributed by atoms with Crippen LogP contribution in [-0.2, 0) is 4.79 Å². The Morgan fingerprint density at radius 1 is 1.06 bits per heavy atom. The Hall–Kier alpha value is -3.52. The third-order valence-corrected chi connectivity index (χ3v) is 7.55. The van der Waals surface area contributed by atoms with Crippen molar-refractivity contribution in [1.82, 2.24) is 15.1 Å². The van der Waals surface area contributed by atoms with Crippen molar-refractivity contribution >= 4 is 29.1 Å². The molecule has 8 nitrogen and oxygen atoms in total. The van der Waals surface area contributed by atoms with Crippen molar-refractivity contribution in [2.75, 3.05) is 38.8 Å². The first kappa shape index (κ1) is 23.2. The third-order valence-electron chi connectivity index (χ3n) is 7.23. The van der Waals surface area contributed by atoms with Gasteiger partial charge in [-0.1, -0.05) is 11.6 Å². The van der Waals surface area contributed by atoms with Crippen LogP contribution in [0.15, 0.2) is 48.8 Å². The molecule has 0 unspecified atom stereocenters. The van der Waals surface area contributed by atoms with Crippen LogP contribution in [0.5, 0.6) is 11.5 Å². The molecule has 35 heavy (non-hydrogen) atoms. The minimum atomic E-state index is -0.447. The van der Waals surface area contributed by atoms with Gasteiger partial charge in [0.15, 0.2) is 0 Å². The molecule has 0 aliphatic carbocycles. The summed E-state index contributed by atoms with van der Waals surface area (Å²) < 4.78 is 10.8. The molecule has 3 aromatic rings. The van der Waals surface area contributed by atoms with Gasteiger partial charge in [0.25, 0.3) is 5.91 Å². The summed E-state index contributed by atoms with van der Waals surface area (Å²) >= 11 is 6.32. The summed E-state index contributed by atoms with van der Waals surface area (Å²) in [6, 6.07) is 10.9. The van der Waals surface area contributed by atoms with Crippen LogP contribution in [0.1, 0.15) is 29.6 Å². The lowest BCUT2D eigenvalue weighted by Gasteiger charge is -2.38. The number of nitrogens with one attached hydrogen (secondary N) is 1. The highest BCUT2D eigenvalue weighted by atomic mass is 35.5. The largest absolute Gasteiger partial charge is 0.497 e. The summed E-state index contributed by atoms with van der Waals surface area (Å²) in [6.07, 6.45) is 5.57. The van der Waals surface area contributed by atoms with E-state index in [2.05, 4.69) is 10.2 Å². The number of carbonyl (C=O) groups excluding carboxylic acids is 2. The number of hydrogen-bond acceptors (Lipinski definition) is 5. The highest BCUT2D eigenvalue weighted by Crippen LogP contribution is 2.44. The summed E-state index contributed by atoms with van der Waals surface area (Å²) in [4.78, 5) is 30.3. The Labute approximate surface area is 208 Å². The standard InChI is InChI=1S/C26H27ClN4O4/c1-34-19-4-6-21(22(27)14-19)24(32)30-10-7-26(8-11-30)9-12-31(25(26)33)18-3-5-20(23(13-18)35-2)17-15-28-29-16-17/h3-6,13-16H,7-12H2,1-2H3,(H,28,29). The number of nitrogens with zero attached hydrogens (tertiary/aromatic N) is 3. The van der Waals surface area contributed by atoms with Crippen LogP contribution in [0.4, 0.5) is 5.69 Å². The molecule has 0 radical (unpaired) electrons. The molecule has 2 aromatic carbocycles. The van der Waals surface area contributed by atoms with E-state index in [1.165, 1.54) is 0 Å². The van der Waals surface area contributed by atoms with Crippen LogP contribution in [0, 0.1) is 5.41 Å². The fourth-order valence-corrected chi connectivity index (χ4v) is 5.37. The number of halogens is 1. The van der Waals surface area contributed by atoms with Gasteiger partial charge in [-0.25, -0.2) is 0 Å². The number of likely N-dealkylation sites (tertiary alicyclic amines) is 1. The average molecular weight is 495 g/mol. The molecular weight excluding hydrogens is 468 g/mol. The lowest BCUT2D eigenvalue weighted by Crippen LogP contribution is -2.46. The van der Waals surface area contributed by atoms with Crippen molar-refractivity contribution in [3.8, 4) is 22.6 Å². The lowest BCUT2D eigenvalue weighted by molar-refractivity contribution is -0.127. The molecule has 0 atom stereocenters. The highest BCUT2D eigenvalue weighted by Gasteiger charge is 2.49. The number of hydrogen-bond donors (Lipinski definition) is 1. The number of aromatic nitrogens is 2. The fourth-order valence-electron chi connectivity index (χ4n) is 5.12. The van der Waals surface area contributed by atoms with E-state index in [1.54, 1.807) is 43.5 Å². The molecule has 0 bridgehead atoms. The molecule has 2 aliphatic rings. The lowest BCUT2D eigenvalue weighted by atomic mass is 9.77. The number of H-pyrrole nitrogens is 1. The first-order valence-electron chi connectivity index (χ1n) is 11.6.